The molecule has 0 radical (unpaired) electrons. The van der Waals surface area contributed by atoms with E-state index in [0.717, 1.165) is 22.9 Å². The van der Waals surface area contributed by atoms with Crippen LogP contribution >= 0.6 is 23.1 Å². The minimum absolute atomic E-state index is 0.102. The van der Waals surface area contributed by atoms with Crippen LogP contribution in [-0.2, 0) is 4.79 Å². The van der Waals surface area contributed by atoms with Crippen molar-refractivity contribution in [3.8, 4) is 11.5 Å². The van der Waals surface area contributed by atoms with Crippen molar-refractivity contribution in [2.24, 2.45) is 0 Å². The fraction of sp³-hybridized carbons (Fsp3) is 0.211. The van der Waals surface area contributed by atoms with Crippen LogP contribution < -0.4 is 20.1 Å². The van der Waals surface area contributed by atoms with Crippen LogP contribution in [0.3, 0.4) is 0 Å². The molecule has 7 nitrogen and oxygen atoms in total. The summed E-state index contributed by atoms with van der Waals surface area (Å²) in [5.74, 6) is 1.43. The summed E-state index contributed by atoms with van der Waals surface area (Å²) in [6.07, 6.45) is 0. The molecule has 0 aliphatic heterocycles. The Hall–Kier alpha value is -2.78. The summed E-state index contributed by atoms with van der Waals surface area (Å²) in [6, 6.07) is 14.7. The van der Waals surface area contributed by atoms with Crippen molar-refractivity contribution in [2.75, 3.05) is 24.9 Å². The molecule has 0 unspecified atom stereocenters. The van der Waals surface area contributed by atoms with Gasteiger partial charge >= 0.3 is 0 Å². The lowest BCUT2D eigenvalue weighted by atomic mass is 10.3. The largest absolute Gasteiger partial charge is 0.497 e. The molecule has 1 amide bonds. The van der Waals surface area contributed by atoms with Gasteiger partial charge in [0.15, 0.2) is 4.34 Å². The monoisotopic (exact) mass is 416 g/mol. The molecule has 146 valence electrons. The quantitative estimate of drug-likeness (QED) is 0.526. The zero-order valence-electron chi connectivity index (χ0n) is 15.6. The summed E-state index contributed by atoms with van der Waals surface area (Å²) in [4.78, 5) is 12.4. The standard InChI is InChI=1S/C19H20N4O3S2/c1-12(17(24)20-13-4-8-15(25-2)9-5-13)27-19-23-22-18(28-19)21-14-6-10-16(26-3)11-7-14/h4-12H,1-3H3,(H,20,24)(H,21,22)/t12-/m1/s1. The molecule has 0 spiro atoms. The van der Waals surface area contributed by atoms with E-state index in [1.54, 1.807) is 38.5 Å². The van der Waals surface area contributed by atoms with E-state index in [4.69, 9.17) is 9.47 Å². The first-order valence-electron chi connectivity index (χ1n) is 8.43. The molecular formula is C19H20N4O3S2. The van der Waals surface area contributed by atoms with Gasteiger partial charge in [-0.2, -0.15) is 0 Å². The Morgan fingerprint density at radius 3 is 2.11 bits per heavy atom. The third-order valence-electron chi connectivity index (χ3n) is 3.75. The van der Waals surface area contributed by atoms with Crippen LogP contribution in [0, 0.1) is 0 Å². The van der Waals surface area contributed by atoms with Gasteiger partial charge in [-0.3, -0.25) is 4.79 Å². The van der Waals surface area contributed by atoms with Crippen molar-refractivity contribution in [1.29, 1.82) is 0 Å². The van der Waals surface area contributed by atoms with Crippen LogP contribution in [0.4, 0.5) is 16.5 Å². The van der Waals surface area contributed by atoms with Crippen molar-refractivity contribution in [1.82, 2.24) is 10.2 Å². The number of aromatic nitrogens is 2. The number of thioether (sulfide) groups is 1. The van der Waals surface area contributed by atoms with E-state index in [9.17, 15) is 4.79 Å². The van der Waals surface area contributed by atoms with Gasteiger partial charge in [0, 0.05) is 11.4 Å². The predicted octanol–water partition coefficient (Wildman–Crippen LogP) is 4.42. The summed E-state index contributed by atoms with van der Waals surface area (Å²) in [7, 11) is 3.23. The number of amides is 1. The smallest absolute Gasteiger partial charge is 0.237 e. The highest BCUT2D eigenvalue weighted by atomic mass is 32.2. The van der Waals surface area contributed by atoms with Crippen molar-refractivity contribution in [3.05, 3.63) is 48.5 Å². The molecule has 1 heterocycles. The van der Waals surface area contributed by atoms with Gasteiger partial charge in [-0.05, 0) is 55.5 Å². The maximum Gasteiger partial charge on any atom is 0.237 e. The van der Waals surface area contributed by atoms with Crippen LogP contribution in [0.15, 0.2) is 52.9 Å². The van der Waals surface area contributed by atoms with E-state index in [0.29, 0.717) is 9.47 Å². The van der Waals surface area contributed by atoms with Crippen LogP contribution in [0.5, 0.6) is 11.5 Å². The van der Waals surface area contributed by atoms with Gasteiger partial charge in [0.25, 0.3) is 0 Å². The highest BCUT2D eigenvalue weighted by molar-refractivity contribution is 8.02. The number of nitrogens with zero attached hydrogens (tertiary/aromatic N) is 2. The third kappa shape index (κ3) is 5.37. The predicted molar refractivity (Wildman–Crippen MR) is 113 cm³/mol. The van der Waals surface area contributed by atoms with E-state index in [1.165, 1.54) is 23.1 Å². The number of carbonyl (C=O) groups excluding carboxylic acids is 1. The molecule has 0 bridgehead atoms. The molecule has 28 heavy (non-hydrogen) atoms. The summed E-state index contributed by atoms with van der Waals surface area (Å²) in [6.45, 7) is 1.83. The van der Waals surface area contributed by atoms with Crippen molar-refractivity contribution in [2.45, 2.75) is 16.5 Å². The second kappa shape index (κ2) is 9.43. The van der Waals surface area contributed by atoms with E-state index in [2.05, 4.69) is 20.8 Å². The number of anilines is 3. The number of rotatable bonds is 8. The van der Waals surface area contributed by atoms with Crippen LogP contribution in [0.2, 0.25) is 0 Å². The number of ether oxygens (including phenoxy) is 2. The Bertz CT molecular complexity index is 914. The maximum absolute atomic E-state index is 12.4. The Labute approximate surface area is 171 Å². The zero-order valence-corrected chi connectivity index (χ0v) is 17.3. The molecule has 0 saturated carbocycles. The zero-order chi connectivity index (χ0) is 19.9. The highest BCUT2D eigenvalue weighted by Crippen LogP contribution is 2.31. The maximum atomic E-state index is 12.4. The van der Waals surface area contributed by atoms with Gasteiger partial charge in [0.2, 0.25) is 11.0 Å². The molecule has 3 rings (SSSR count). The second-order valence-corrected chi connectivity index (χ2v) is 8.27. The van der Waals surface area contributed by atoms with Gasteiger partial charge in [-0.1, -0.05) is 23.1 Å². The van der Waals surface area contributed by atoms with Crippen molar-refractivity contribution >= 4 is 45.5 Å². The summed E-state index contributed by atoms with van der Waals surface area (Å²) in [5, 5.41) is 14.7. The van der Waals surface area contributed by atoms with E-state index >= 15 is 0 Å². The fourth-order valence-corrected chi connectivity index (χ4v) is 4.14. The van der Waals surface area contributed by atoms with Gasteiger partial charge in [0.05, 0.1) is 19.5 Å². The summed E-state index contributed by atoms with van der Waals surface area (Å²) in [5.41, 5.74) is 1.61. The van der Waals surface area contributed by atoms with Crippen LogP contribution in [0.1, 0.15) is 6.92 Å². The van der Waals surface area contributed by atoms with Crippen LogP contribution in [-0.4, -0.2) is 35.6 Å². The molecule has 1 atom stereocenters. The second-order valence-electron chi connectivity index (χ2n) is 5.70. The van der Waals surface area contributed by atoms with Gasteiger partial charge < -0.3 is 20.1 Å². The SMILES string of the molecule is COc1ccc(NC(=O)[C@@H](C)Sc2nnc(Nc3ccc(OC)cc3)s2)cc1. The minimum Gasteiger partial charge on any atom is -0.497 e. The number of methoxy groups -OCH3 is 2. The lowest BCUT2D eigenvalue weighted by molar-refractivity contribution is -0.115. The number of benzene rings is 2. The van der Waals surface area contributed by atoms with Crippen molar-refractivity contribution in [3.63, 3.8) is 0 Å². The average Bonchev–Trinajstić information content (AvgIpc) is 3.15. The van der Waals surface area contributed by atoms with Crippen molar-refractivity contribution < 1.29 is 14.3 Å². The Morgan fingerprint density at radius 1 is 0.964 bits per heavy atom. The normalized spacial score (nSPS) is 11.5. The van der Waals surface area contributed by atoms with Crippen LogP contribution in [0.25, 0.3) is 0 Å². The number of carbonyl (C=O) groups is 1. The topological polar surface area (TPSA) is 85.4 Å². The first-order valence-corrected chi connectivity index (χ1v) is 10.1. The molecule has 2 N–H and O–H groups in total. The Morgan fingerprint density at radius 2 is 1.54 bits per heavy atom. The number of nitrogens with one attached hydrogen (secondary N) is 2. The minimum atomic E-state index is -0.316. The molecule has 2 aromatic carbocycles. The lowest BCUT2D eigenvalue weighted by Crippen LogP contribution is -2.22. The highest BCUT2D eigenvalue weighted by Gasteiger charge is 2.17. The molecular weight excluding hydrogens is 396 g/mol. The first-order chi connectivity index (χ1) is 13.6. The van der Waals surface area contributed by atoms with Gasteiger partial charge in [0.1, 0.15) is 11.5 Å². The first kappa shape index (κ1) is 20.0. The molecule has 0 aliphatic carbocycles. The third-order valence-corrected chi connectivity index (χ3v) is 5.78. The van der Waals surface area contributed by atoms with Gasteiger partial charge in [-0.15, -0.1) is 10.2 Å². The van der Waals surface area contributed by atoms with E-state index in [1.807, 2.05) is 31.2 Å². The summed E-state index contributed by atoms with van der Waals surface area (Å²) < 4.78 is 11.0. The molecule has 0 aliphatic rings. The van der Waals surface area contributed by atoms with E-state index in [-0.39, 0.29) is 11.2 Å². The van der Waals surface area contributed by atoms with E-state index < -0.39 is 0 Å². The summed E-state index contributed by atoms with van der Waals surface area (Å²) >= 11 is 2.76. The molecule has 3 aromatic rings. The Balaban J connectivity index is 1.54. The molecule has 1 aromatic heterocycles. The number of hydrogen-bond acceptors (Lipinski definition) is 8. The average molecular weight is 417 g/mol. The number of hydrogen-bond donors (Lipinski definition) is 2. The fourth-order valence-electron chi connectivity index (χ4n) is 2.23. The Kier molecular flexibility index (Phi) is 6.72. The molecule has 0 saturated heterocycles. The lowest BCUT2D eigenvalue weighted by Gasteiger charge is -2.10. The van der Waals surface area contributed by atoms with Gasteiger partial charge in [-0.25, -0.2) is 0 Å². The molecule has 0 fully saturated rings. The molecule has 9 heteroatoms.